The molecule has 1 saturated heterocycles. The second kappa shape index (κ2) is 5.51. The molecule has 1 aliphatic heterocycles. The summed E-state index contributed by atoms with van der Waals surface area (Å²) in [5.41, 5.74) is 6.75. The number of amides is 1. The number of carbonyl (C=O) groups is 1. The number of para-hydroxylation sites is 1. The molecule has 0 aromatic heterocycles. The van der Waals surface area contributed by atoms with Gasteiger partial charge in [0, 0.05) is 24.1 Å². The van der Waals surface area contributed by atoms with Gasteiger partial charge in [0.05, 0.1) is 5.69 Å². The van der Waals surface area contributed by atoms with Gasteiger partial charge in [0.25, 0.3) is 0 Å². The van der Waals surface area contributed by atoms with Crippen LogP contribution in [-0.2, 0) is 4.79 Å². The van der Waals surface area contributed by atoms with E-state index in [-0.39, 0.29) is 11.9 Å². The van der Waals surface area contributed by atoms with E-state index in [1.807, 2.05) is 24.3 Å². The van der Waals surface area contributed by atoms with Crippen LogP contribution in [0.1, 0.15) is 6.42 Å². The molecule has 2 rings (SSSR count). The number of nitrogens with one attached hydrogen (secondary N) is 1. The van der Waals surface area contributed by atoms with Crippen molar-refractivity contribution in [1.82, 2.24) is 5.32 Å². The van der Waals surface area contributed by atoms with Crippen LogP contribution in [0, 0.1) is 0 Å². The third-order valence-corrected chi connectivity index (χ3v) is 3.61. The third-order valence-electron chi connectivity index (χ3n) is 2.94. The summed E-state index contributed by atoms with van der Waals surface area (Å²) in [6.07, 6.45) is 0.934. The molecule has 17 heavy (non-hydrogen) atoms. The van der Waals surface area contributed by atoms with Gasteiger partial charge in [-0.05, 0) is 34.5 Å². The Kier molecular flexibility index (Phi) is 4.02. The topological polar surface area (TPSA) is 58.4 Å². The molecule has 1 atom stereocenters. The smallest absolute Gasteiger partial charge is 0.244 e. The molecule has 0 saturated carbocycles. The molecule has 0 bridgehead atoms. The van der Waals surface area contributed by atoms with Crippen LogP contribution in [-0.4, -0.2) is 31.6 Å². The minimum atomic E-state index is -0.281. The zero-order valence-corrected chi connectivity index (χ0v) is 11.1. The van der Waals surface area contributed by atoms with E-state index in [2.05, 4.69) is 26.1 Å². The van der Waals surface area contributed by atoms with Crippen LogP contribution in [0.4, 0.5) is 5.69 Å². The fraction of sp³-hybridized carbons (Fsp3) is 0.417. The van der Waals surface area contributed by atoms with E-state index in [4.69, 9.17) is 5.73 Å². The van der Waals surface area contributed by atoms with Crippen molar-refractivity contribution in [2.45, 2.75) is 12.5 Å². The van der Waals surface area contributed by atoms with Crippen LogP contribution in [0.2, 0.25) is 0 Å². The van der Waals surface area contributed by atoms with Crippen molar-refractivity contribution in [3.05, 3.63) is 28.7 Å². The first kappa shape index (κ1) is 12.4. The van der Waals surface area contributed by atoms with Gasteiger partial charge in [-0.15, -0.1) is 0 Å². The first-order valence-electron chi connectivity index (χ1n) is 5.73. The van der Waals surface area contributed by atoms with Gasteiger partial charge >= 0.3 is 0 Å². The molecule has 3 N–H and O–H groups in total. The fourth-order valence-electron chi connectivity index (χ4n) is 2.08. The zero-order chi connectivity index (χ0) is 12.3. The monoisotopic (exact) mass is 297 g/mol. The summed E-state index contributed by atoms with van der Waals surface area (Å²) in [4.78, 5) is 14.0. The predicted molar refractivity (Wildman–Crippen MR) is 72.0 cm³/mol. The molecular weight excluding hydrogens is 282 g/mol. The number of benzene rings is 1. The van der Waals surface area contributed by atoms with E-state index in [1.165, 1.54) is 0 Å². The van der Waals surface area contributed by atoms with Gasteiger partial charge in [0.15, 0.2) is 0 Å². The number of hydrogen-bond acceptors (Lipinski definition) is 3. The van der Waals surface area contributed by atoms with E-state index in [0.29, 0.717) is 6.54 Å². The lowest BCUT2D eigenvalue weighted by molar-refractivity contribution is -0.121. The number of rotatable bonds is 2. The second-order valence-corrected chi connectivity index (χ2v) is 4.90. The molecule has 1 amide bonds. The summed E-state index contributed by atoms with van der Waals surface area (Å²) in [5, 5.41) is 2.89. The van der Waals surface area contributed by atoms with Crippen molar-refractivity contribution in [1.29, 1.82) is 0 Å². The van der Waals surface area contributed by atoms with Crippen molar-refractivity contribution in [2.24, 2.45) is 5.73 Å². The Labute approximate surface area is 109 Å². The number of halogens is 1. The van der Waals surface area contributed by atoms with E-state index in [1.54, 1.807) is 0 Å². The van der Waals surface area contributed by atoms with Gasteiger partial charge in [-0.2, -0.15) is 0 Å². The van der Waals surface area contributed by atoms with Gasteiger partial charge in [-0.25, -0.2) is 0 Å². The zero-order valence-electron chi connectivity index (χ0n) is 9.53. The normalized spacial score (nSPS) is 20.9. The summed E-state index contributed by atoms with van der Waals surface area (Å²) in [7, 11) is 0. The Morgan fingerprint density at radius 3 is 2.94 bits per heavy atom. The van der Waals surface area contributed by atoms with E-state index in [9.17, 15) is 4.79 Å². The minimum Gasteiger partial charge on any atom is -0.358 e. The standard InChI is InChI=1S/C12H16BrN3O/c13-9-4-1-2-5-10(9)16-7-3-6-15-12(17)11(16)8-14/h1-2,4-5,11H,3,6-8,14H2,(H,15,17). The van der Waals surface area contributed by atoms with Crippen molar-refractivity contribution >= 4 is 27.5 Å². The number of anilines is 1. The third kappa shape index (κ3) is 2.61. The molecule has 1 aliphatic rings. The van der Waals surface area contributed by atoms with Gasteiger partial charge in [-0.1, -0.05) is 12.1 Å². The van der Waals surface area contributed by atoms with Crippen LogP contribution in [0.15, 0.2) is 28.7 Å². The first-order valence-corrected chi connectivity index (χ1v) is 6.52. The predicted octanol–water partition coefficient (Wildman–Crippen LogP) is 1.10. The summed E-state index contributed by atoms with van der Waals surface area (Å²) >= 11 is 3.52. The van der Waals surface area contributed by atoms with Gasteiger partial charge in [0.2, 0.25) is 5.91 Å². The first-order chi connectivity index (χ1) is 8.24. The Morgan fingerprint density at radius 1 is 1.47 bits per heavy atom. The van der Waals surface area contributed by atoms with Crippen molar-refractivity contribution in [3.8, 4) is 0 Å². The highest BCUT2D eigenvalue weighted by Gasteiger charge is 2.27. The highest BCUT2D eigenvalue weighted by atomic mass is 79.9. The van der Waals surface area contributed by atoms with Crippen molar-refractivity contribution in [3.63, 3.8) is 0 Å². The Balaban J connectivity index is 2.34. The molecule has 1 unspecified atom stereocenters. The molecule has 0 aliphatic carbocycles. The summed E-state index contributed by atoms with van der Waals surface area (Å²) in [6.45, 7) is 1.88. The van der Waals surface area contributed by atoms with Gasteiger partial charge in [-0.3, -0.25) is 4.79 Å². The van der Waals surface area contributed by atoms with Crippen LogP contribution in [0.3, 0.4) is 0 Å². The average Bonchev–Trinajstić information content (AvgIpc) is 2.51. The number of hydrogen-bond donors (Lipinski definition) is 2. The highest BCUT2D eigenvalue weighted by molar-refractivity contribution is 9.10. The molecule has 0 radical (unpaired) electrons. The Bertz CT molecular complexity index is 410. The Morgan fingerprint density at radius 2 is 2.24 bits per heavy atom. The van der Waals surface area contributed by atoms with E-state index < -0.39 is 0 Å². The molecule has 1 heterocycles. The lowest BCUT2D eigenvalue weighted by atomic mass is 10.2. The van der Waals surface area contributed by atoms with E-state index >= 15 is 0 Å². The van der Waals surface area contributed by atoms with Crippen molar-refractivity contribution in [2.75, 3.05) is 24.5 Å². The largest absolute Gasteiger partial charge is 0.358 e. The highest BCUT2D eigenvalue weighted by Crippen LogP contribution is 2.27. The SMILES string of the molecule is NCC1C(=O)NCCCN1c1ccccc1Br. The number of nitrogens with zero attached hydrogens (tertiary/aromatic N) is 1. The molecule has 5 heteroatoms. The average molecular weight is 298 g/mol. The lowest BCUT2D eigenvalue weighted by Gasteiger charge is -2.30. The van der Waals surface area contributed by atoms with Crippen LogP contribution in [0.25, 0.3) is 0 Å². The molecule has 1 fully saturated rings. The molecule has 1 aromatic carbocycles. The summed E-state index contributed by atoms with van der Waals surface area (Å²) in [5.74, 6) is 0.0146. The maximum atomic E-state index is 11.9. The number of nitrogens with two attached hydrogens (primary N) is 1. The quantitative estimate of drug-likeness (QED) is 0.860. The lowest BCUT2D eigenvalue weighted by Crippen LogP contribution is -2.49. The molecule has 4 nitrogen and oxygen atoms in total. The summed E-state index contributed by atoms with van der Waals surface area (Å²) in [6, 6.07) is 7.63. The van der Waals surface area contributed by atoms with Crippen LogP contribution < -0.4 is 16.0 Å². The fourth-order valence-corrected chi connectivity index (χ4v) is 2.60. The molecule has 0 spiro atoms. The molecule has 1 aromatic rings. The van der Waals surface area contributed by atoms with Gasteiger partial charge in [0.1, 0.15) is 6.04 Å². The maximum absolute atomic E-state index is 11.9. The summed E-state index contributed by atoms with van der Waals surface area (Å²) < 4.78 is 0.994. The molecule has 92 valence electrons. The van der Waals surface area contributed by atoms with Crippen LogP contribution >= 0.6 is 15.9 Å². The Hall–Kier alpha value is -1.07. The van der Waals surface area contributed by atoms with Gasteiger partial charge < -0.3 is 16.0 Å². The number of carbonyl (C=O) groups excluding carboxylic acids is 1. The van der Waals surface area contributed by atoms with Crippen molar-refractivity contribution < 1.29 is 4.79 Å². The molecular formula is C12H16BrN3O. The van der Waals surface area contributed by atoms with E-state index in [0.717, 1.165) is 29.7 Å². The van der Waals surface area contributed by atoms with Crippen LogP contribution in [0.5, 0.6) is 0 Å². The minimum absolute atomic E-state index is 0.0146. The maximum Gasteiger partial charge on any atom is 0.244 e. The second-order valence-electron chi connectivity index (χ2n) is 4.04.